The molecule has 0 fully saturated rings. The van der Waals surface area contributed by atoms with E-state index in [1.807, 2.05) is 0 Å². The van der Waals surface area contributed by atoms with Gasteiger partial charge in [-0.05, 0) is 19.1 Å². The van der Waals surface area contributed by atoms with Crippen LogP contribution in [0, 0.1) is 18.6 Å². The van der Waals surface area contributed by atoms with Crippen molar-refractivity contribution >= 4 is 12.6 Å². The van der Waals surface area contributed by atoms with Crippen LogP contribution in [0.5, 0.6) is 5.75 Å². The second-order valence-electron chi connectivity index (χ2n) is 4.42. The summed E-state index contributed by atoms with van der Waals surface area (Å²) in [6.45, 7) is 1.59. The van der Waals surface area contributed by atoms with Crippen molar-refractivity contribution in [3.8, 4) is 5.75 Å². The van der Waals surface area contributed by atoms with E-state index >= 15 is 0 Å². The number of aryl methyl sites for hydroxylation is 1. The molecule has 0 saturated carbocycles. The van der Waals surface area contributed by atoms with Gasteiger partial charge in [0.15, 0.2) is 11.6 Å². The van der Waals surface area contributed by atoms with Crippen LogP contribution < -0.4 is 10.2 Å². The van der Waals surface area contributed by atoms with Crippen molar-refractivity contribution in [2.24, 2.45) is 0 Å². The van der Waals surface area contributed by atoms with Gasteiger partial charge in [-0.2, -0.15) is 0 Å². The minimum Gasteiger partial charge on any atom is -0.489 e. The largest absolute Gasteiger partial charge is 0.492 e. The molecule has 3 nitrogen and oxygen atoms in total. The average Bonchev–Trinajstić information content (AvgIpc) is 2.41. The summed E-state index contributed by atoms with van der Waals surface area (Å²) in [5.41, 5.74) is 1.07. The first-order valence-electron chi connectivity index (χ1n) is 6.01. The van der Waals surface area contributed by atoms with Crippen LogP contribution in [0.25, 0.3) is 0 Å². The number of hydrogen-bond donors (Lipinski definition) is 2. The zero-order valence-electron chi connectivity index (χ0n) is 10.8. The van der Waals surface area contributed by atoms with E-state index in [2.05, 4.69) is 0 Å². The van der Waals surface area contributed by atoms with Gasteiger partial charge < -0.3 is 14.8 Å². The first kappa shape index (κ1) is 14.5. The molecule has 0 aromatic heterocycles. The van der Waals surface area contributed by atoms with Crippen molar-refractivity contribution < 1.29 is 23.6 Å². The van der Waals surface area contributed by atoms with Gasteiger partial charge in [0, 0.05) is 11.0 Å². The Balaban J connectivity index is 2.21. The smallest absolute Gasteiger partial charge is 0.489 e. The summed E-state index contributed by atoms with van der Waals surface area (Å²) in [5, 5.41) is 18.5. The second kappa shape index (κ2) is 6.03. The van der Waals surface area contributed by atoms with E-state index in [0.29, 0.717) is 0 Å². The summed E-state index contributed by atoms with van der Waals surface area (Å²) >= 11 is 0. The van der Waals surface area contributed by atoms with Gasteiger partial charge in [0.1, 0.15) is 12.4 Å². The van der Waals surface area contributed by atoms with Crippen LogP contribution in [0.1, 0.15) is 11.1 Å². The van der Waals surface area contributed by atoms with Gasteiger partial charge in [-0.25, -0.2) is 8.78 Å². The van der Waals surface area contributed by atoms with E-state index in [1.54, 1.807) is 25.1 Å². The van der Waals surface area contributed by atoms with Gasteiger partial charge in [-0.15, -0.1) is 0 Å². The number of ether oxygens (including phenoxy) is 1. The monoisotopic (exact) mass is 278 g/mol. The van der Waals surface area contributed by atoms with Crippen LogP contribution in [0.3, 0.4) is 0 Å². The molecule has 2 aromatic rings. The Labute approximate surface area is 115 Å². The van der Waals surface area contributed by atoms with Gasteiger partial charge in [0.2, 0.25) is 0 Å². The zero-order chi connectivity index (χ0) is 14.7. The van der Waals surface area contributed by atoms with Crippen LogP contribution in [-0.2, 0) is 6.61 Å². The van der Waals surface area contributed by atoms with E-state index in [9.17, 15) is 18.8 Å². The zero-order valence-corrected chi connectivity index (χ0v) is 10.8. The number of halogens is 2. The Hall–Kier alpha value is -1.92. The second-order valence-corrected chi connectivity index (χ2v) is 4.42. The van der Waals surface area contributed by atoms with Gasteiger partial charge in [-0.3, -0.25) is 0 Å². The molecule has 0 aliphatic heterocycles. The number of benzene rings is 2. The molecule has 0 aliphatic rings. The van der Waals surface area contributed by atoms with Crippen LogP contribution in [0.2, 0.25) is 0 Å². The van der Waals surface area contributed by atoms with E-state index in [4.69, 9.17) is 4.74 Å². The lowest BCUT2D eigenvalue weighted by atomic mass is 9.79. The standard InChI is InChI=1S/C14H13BF2O3/c1-9-5-6-13(11(7-9)15(18)19)20-8-10-3-2-4-12(16)14(10)17/h2-7,18-19H,8H2,1H3. The van der Waals surface area contributed by atoms with Gasteiger partial charge >= 0.3 is 7.12 Å². The van der Waals surface area contributed by atoms with E-state index < -0.39 is 18.8 Å². The van der Waals surface area contributed by atoms with Crippen molar-refractivity contribution in [3.05, 3.63) is 59.2 Å². The summed E-state index contributed by atoms with van der Waals surface area (Å²) in [7, 11) is -1.69. The summed E-state index contributed by atoms with van der Waals surface area (Å²) in [6, 6.07) is 8.65. The molecule has 2 rings (SSSR count). The summed E-state index contributed by atoms with van der Waals surface area (Å²) in [4.78, 5) is 0. The molecule has 0 radical (unpaired) electrons. The molecule has 0 atom stereocenters. The molecule has 0 unspecified atom stereocenters. The maximum Gasteiger partial charge on any atom is 0.492 e. The highest BCUT2D eigenvalue weighted by Gasteiger charge is 2.18. The summed E-state index contributed by atoms with van der Waals surface area (Å²) < 4.78 is 31.9. The molecule has 6 heteroatoms. The van der Waals surface area contributed by atoms with Gasteiger partial charge in [-0.1, -0.05) is 29.8 Å². The van der Waals surface area contributed by atoms with Crippen molar-refractivity contribution in [1.29, 1.82) is 0 Å². The van der Waals surface area contributed by atoms with Crippen LogP contribution in [-0.4, -0.2) is 17.2 Å². The molecule has 0 bridgehead atoms. The fourth-order valence-electron chi connectivity index (χ4n) is 1.82. The molecule has 0 saturated heterocycles. The molecule has 0 heterocycles. The van der Waals surface area contributed by atoms with Crippen LogP contribution in [0.15, 0.2) is 36.4 Å². The molecule has 0 spiro atoms. The maximum absolute atomic E-state index is 13.5. The SMILES string of the molecule is Cc1ccc(OCc2cccc(F)c2F)c(B(O)O)c1. The molecular formula is C14H13BF2O3. The van der Waals surface area contributed by atoms with Crippen LogP contribution >= 0.6 is 0 Å². The fourth-order valence-corrected chi connectivity index (χ4v) is 1.82. The lowest BCUT2D eigenvalue weighted by molar-refractivity contribution is 0.297. The van der Waals surface area contributed by atoms with Crippen molar-refractivity contribution in [2.45, 2.75) is 13.5 Å². The normalized spacial score (nSPS) is 10.4. The predicted octanol–water partition coefficient (Wildman–Crippen LogP) is 1.53. The Morgan fingerprint density at radius 3 is 2.60 bits per heavy atom. The quantitative estimate of drug-likeness (QED) is 0.834. The third kappa shape index (κ3) is 3.15. The third-order valence-corrected chi connectivity index (χ3v) is 2.86. The summed E-state index contributed by atoms with van der Waals surface area (Å²) in [6.07, 6.45) is 0. The highest BCUT2D eigenvalue weighted by atomic mass is 19.2. The first-order valence-corrected chi connectivity index (χ1v) is 6.01. The van der Waals surface area contributed by atoms with E-state index in [0.717, 1.165) is 11.6 Å². The van der Waals surface area contributed by atoms with Crippen molar-refractivity contribution in [2.75, 3.05) is 0 Å². The molecule has 104 valence electrons. The summed E-state index contributed by atoms with van der Waals surface area (Å²) in [5.74, 6) is -1.70. The van der Waals surface area contributed by atoms with Crippen molar-refractivity contribution in [3.63, 3.8) is 0 Å². The molecule has 2 N–H and O–H groups in total. The van der Waals surface area contributed by atoms with E-state index in [-0.39, 0.29) is 23.4 Å². The molecule has 0 aliphatic carbocycles. The highest BCUT2D eigenvalue weighted by molar-refractivity contribution is 6.59. The Morgan fingerprint density at radius 2 is 1.90 bits per heavy atom. The molecular weight excluding hydrogens is 265 g/mol. The van der Waals surface area contributed by atoms with Gasteiger partial charge in [0.05, 0.1) is 0 Å². The lowest BCUT2D eigenvalue weighted by Crippen LogP contribution is -2.31. The highest BCUT2D eigenvalue weighted by Crippen LogP contribution is 2.16. The third-order valence-electron chi connectivity index (χ3n) is 2.86. The first-order chi connectivity index (χ1) is 9.49. The molecule has 20 heavy (non-hydrogen) atoms. The lowest BCUT2D eigenvalue weighted by Gasteiger charge is -2.12. The number of hydrogen-bond acceptors (Lipinski definition) is 3. The fraction of sp³-hybridized carbons (Fsp3) is 0.143. The Bertz CT molecular complexity index is 617. The average molecular weight is 278 g/mol. The number of rotatable bonds is 4. The topological polar surface area (TPSA) is 49.7 Å². The van der Waals surface area contributed by atoms with E-state index in [1.165, 1.54) is 12.1 Å². The maximum atomic E-state index is 13.5. The Morgan fingerprint density at radius 1 is 1.15 bits per heavy atom. The minimum atomic E-state index is -1.69. The Kier molecular flexibility index (Phi) is 4.37. The molecule has 2 aromatic carbocycles. The molecule has 0 amide bonds. The van der Waals surface area contributed by atoms with Crippen molar-refractivity contribution in [1.82, 2.24) is 0 Å². The minimum absolute atomic E-state index is 0.0592. The van der Waals surface area contributed by atoms with Gasteiger partial charge in [0.25, 0.3) is 0 Å². The van der Waals surface area contributed by atoms with Crippen LogP contribution in [0.4, 0.5) is 8.78 Å². The predicted molar refractivity (Wildman–Crippen MR) is 71.7 cm³/mol.